The molecular formula is C26H29ClF3N5O3. The van der Waals surface area contributed by atoms with Crippen LogP contribution in [0.3, 0.4) is 0 Å². The Morgan fingerprint density at radius 3 is 2.58 bits per heavy atom. The van der Waals surface area contributed by atoms with Crippen LogP contribution in [0.4, 0.5) is 19.0 Å². The zero-order chi connectivity index (χ0) is 26.1. The molecule has 5 rings (SSSR count). The Morgan fingerprint density at radius 1 is 1.13 bits per heavy atom. The molecule has 3 N–H and O–H groups in total. The van der Waals surface area contributed by atoms with E-state index >= 15 is 4.39 Å². The molecule has 1 amide bonds. The van der Waals surface area contributed by atoms with Crippen LogP contribution in [0.2, 0.25) is 0 Å². The summed E-state index contributed by atoms with van der Waals surface area (Å²) in [5.74, 6) is 0.359. The number of carbonyl (C=O) groups excluding carboxylic acids is 1. The van der Waals surface area contributed by atoms with Crippen molar-refractivity contribution in [2.24, 2.45) is 0 Å². The molecule has 1 aromatic heterocycles. The molecule has 1 fully saturated rings. The molecular weight excluding hydrogens is 523 g/mol. The minimum absolute atomic E-state index is 0. The van der Waals surface area contributed by atoms with Gasteiger partial charge in [-0.3, -0.25) is 4.79 Å². The van der Waals surface area contributed by atoms with Crippen molar-refractivity contribution in [2.75, 3.05) is 32.6 Å². The molecule has 1 saturated heterocycles. The summed E-state index contributed by atoms with van der Waals surface area (Å²) in [5.41, 5.74) is 1.26. The van der Waals surface area contributed by atoms with Gasteiger partial charge in [0.25, 0.3) is 12.3 Å². The van der Waals surface area contributed by atoms with Crippen LogP contribution in [-0.2, 0) is 0 Å². The highest BCUT2D eigenvalue weighted by molar-refractivity contribution is 5.95. The van der Waals surface area contributed by atoms with Gasteiger partial charge in [-0.1, -0.05) is 6.07 Å². The van der Waals surface area contributed by atoms with E-state index in [4.69, 9.17) is 9.47 Å². The largest absolute Gasteiger partial charge is 0.493 e. The van der Waals surface area contributed by atoms with Crippen molar-refractivity contribution in [1.29, 1.82) is 0 Å². The van der Waals surface area contributed by atoms with E-state index in [1.54, 1.807) is 24.3 Å². The number of hydrogen-bond acceptors (Lipinski definition) is 6. The number of carbonyl (C=O) groups is 1. The first-order valence-electron chi connectivity index (χ1n) is 12.1. The zero-order valence-corrected chi connectivity index (χ0v) is 21.7. The molecule has 3 heterocycles. The first-order chi connectivity index (χ1) is 17.9. The Kier molecular flexibility index (Phi) is 8.37. The predicted molar refractivity (Wildman–Crippen MR) is 139 cm³/mol. The summed E-state index contributed by atoms with van der Waals surface area (Å²) in [4.78, 5) is 12.5. The number of hydrogen-bond donors (Lipinski definition) is 3. The lowest BCUT2D eigenvalue weighted by Gasteiger charge is -2.32. The molecule has 2 aromatic carbocycles. The van der Waals surface area contributed by atoms with Crippen molar-refractivity contribution < 1.29 is 27.4 Å². The van der Waals surface area contributed by atoms with E-state index in [0.717, 1.165) is 24.6 Å². The maximum atomic E-state index is 15.1. The van der Waals surface area contributed by atoms with Gasteiger partial charge < -0.3 is 25.4 Å². The van der Waals surface area contributed by atoms with Gasteiger partial charge in [0.05, 0.1) is 26.0 Å². The molecule has 3 aromatic rings. The maximum absolute atomic E-state index is 15.1. The van der Waals surface area contributed by atoms with Crippen LogP contribution in [0.5, 0.6) is 11.5 Å². The molecule has 2 aliphatic rings. The van der Waals surface area contributed by atoms with E-state index in [2.05, 4.69) is 21.0 Å². The van der Waals surface area contributed by atoms with Crippen LogP contribution in [0.15, 0.2) is 42.5 Å². The first kappa shape index (κ1) is 27.6. The molecule has 2 unspecified atom stereocenters. The van der Waals surface area contributed by atoms with Gasteiger partial charge in [-0.25, -0.2) is 17.9 Å². The Bertz CT molecular complexity index is 1300. The summed E-state index contributed by atoms with van der Waals surface area (Å²) >= 11 is 0. The Morgan fingerprint density at radius 2 is 1.92 bits per heavy atom. The Balaban J connectivity index is 0.00000336. The quantitative estimate of drug-likeness (QED) is 0.398. The van der Waals surface area contributed by atoms with Gasteiger partial charge in [0.1, 0.15) is 17.7 Å². The maximum Gasteiger partial charge on any atom is 0.260 e. The molecule has 0 saturated carbocycles. The van der Waals surface area contributed by atoms with Gasteiger partial charge in [-0.2, -0.15) is 5.10 Å². The number of amides is 1. The van der Waals surface area contributed by atoms with Gasteiger partial charge in [0, 0.05) is 29.8 Å². The summed E-state index contributed by atoms with van der Waals surface area (Å²) in [6.45, 7) is 1.50. The predicted octanol–water partition coefficient (Wildman–Crippen LogP) is 4.58. The van der Waals surface area contributed by atoms with Crippen molar-refractivity contribution in [3.8, 4) is 22.8 Å². The van der Waals surface area contributed by atoms with Crippen molar-refractivity contribution >= 4 is 24.1 Å². The average Bonchev–Trinajstić information content (AvgIpc) is 3.57. The second-order valence-electron chi connectivity index (χ2n) is 9.17. The number of fused-ring (bicyclic) bond motifs is 1. The summed E-state index contributed by atoms with van der Waals surface area (Å²) in [6, 6.07) is 9.27. The highest BCUT2D eigenvalue weighted by Gasteiger charge is 2.35. The van der Waals surface area contributed by atoms with Gasteiger partial charge in [-0.15, -0.1) is 12.4 Å². The molecule has 38 heavy (non-hydrogen) atoms. The lowest BCUT2D eigenvalue weighted by Crippen LogP contribution is -2.36. The minimum atomic E-state index is -2.68. The minimum Gasteiger partial charge on any atom is -0.493 e. The SMILES string of the molecule is COc1ccc(C2CC(C(F)F)n3nc(-c4ccc(C(=O)N[C@H]5CCNC5)cc4F)cc3N2)cc1OC.Cl. The van der Waals surface area contributed by atoms with E-state index in [-0.39, 0.29) is 47.6 Å². The molecule has 12 heteroatoms. The normalized spacial score (nSPS) is 20.3. The summed E-state index contributed by atoms with van der Waals surface area (Å²) < 4.78 is 55.1. The molecule has 0 bridgehead atoms. The molecule has 8 nitrogen and oxygen atoms in total. The highest BCUT2D eigenvalue weighted by Crippen LogP contribution is 2.41. The second-order valence-corrected chi connectivity index (χ2v) is 9.17. The number of nitrogens with zero attached hydrogens (tertiary/aromatic N) is 2. The van der Waals surface area contributed by atoms with Crippen molar-refractivity contribution in [3.05, 3.63) is 59.4 Å². The second kappa shape index (κ2) is 11.5. The van der Waals surface area contributed by atoms with Crippen LogP contribution < -0.4 is 25.4 Å². The number of benzene rings is 2. The van der Waals surface area contributed by atoms with Crippen LogP contribution >= 0.6 is 12.4 Å². The van der Waals surface area contributed by atoms with Gasteiger partial charge in [0.15, 0.2) is 11.5 Å². The van der Waals surface area contributed by atoms with Crippen molar-refractivity contribution in [1.82, 2.24) is 20.4 Å². The fourth-order valence-electron chi connectivity index (χ4n) is 4.87. The van der Waals surface area contributed by atoms with E-state index in [0.29, 0.717) is 23.9 Å². The number of aromatic nitrogens is 2. The van der Waals surface area contributed by atoms with Crippen LogP contribution in [0.1, 0.15) is 40.8 Å². The number of halogens is 4. The van der Waals surface area contributed by atoms with Crippen LogP contribution in [0.25, 0.3) is 11.3 Å². The summed E-state index contributed by atoms with van der Waals surface area (Å²) in [6.07, 6.45) is -1.80. The third kappa shape index (κ3) is 5.39. The lowest BCUT2D eigenvalue weighted by atomic mass is 9.97. The van der Waals surface area contributed by atoms with Crippen molar-refractivity contribution in [3.63, 3.8) is 0 Å². The molecule has 0 aliphatic carbocycles. The van der Waals surface area contributed by atoms with Crippen LogP contribution in [0, 0.1) is 5.82 Å². The third-order valence-electron chi connectivity index (χ3n) is 6.85. The summed E-state index contributed by atoms with van der Waals surface area (Å²) in [5, 5.41) is 13.6. The smallest absolute Gasteiger partial charge is 0.260 e. The molecule has 204 valence electrons. The number of nitrogens with one attached hydrogen (secondary N) is 3. The van der Waals surface area contributed by atoms with E-state index in [1.165, 1.54) is 31.0 Å². The van der Waals surface area contributed by atoms with Gasteiger partial charge in [-0.05, 0) is 55.3 Å². The van der Waals surface area contributed by atoms with Gasteiger partial charge in [0.2, 0.25) is 0 Å². The van der Waals surface area contributed by atoms with E-state index < -0.39 is 24.3 Å². The average molecular weight is 552 g/mol. The van der Waals surface area contributed by atoms with Crippen LogP contribution in [-0.4, -0.2) is 55.5 Å². The fraction of sp³-hybridized carbons (Fsp3) is 0.385. The third-order valence-corrected chi connectivity index (χ3v) is 6.85. The zero-order valence-electron chi connectivity index (χ0n) is 20.8. The standard InChI is InChI=1S/C26H28F3N5O3.ClH/c1-36-22-6-4-14(10-23(22)37-2)19-11-21(25(28)29)34-24(32-19)12-20(33-34)17-5-3-15(9-18(17)27)26(35)31-16-7-8-30-13-16;/h3-6,9-10,12,16,19,21,25,30,32H,7-8,11,13H2,1-2H3,(H,31,35);1H/t16-,19?,21?;/m0./s1. The van der Waals surface area contributed by atoms with Crippen molar-refractivity contribution in [2.45, 2.75) is 37.4 Å². The highest BCUT2D eigenvalue weighted by atomic mass is 35.5. The molecule has 0 radical (unpaired) electrons. The fourth-order valence-corrected chi connectivity index (χ4v) is 4.87. The number of ether oxygens (including phenoxy) is 2. The topological polar surface area (TPSA) is 89.4 Å². The Labute approximate surface area is 224 Å². The molecule has 0 spiro atoms. The van der Waals surface area contributed by atoms with Gasteiger partial charge >= 0.3 is 0 Å². The molecule has 3 atom stereocenters. The first-order valence-corrected chi connectivity index (χ1v) is 12.1. The van der Waals surface area contributed by atoms with E-state index in [9.17, 15) is 13.6 Å². The number of methoxy groups -OCH3 is 2. The molecule has 2 aliphatic heterocycles. The number of alkyl halides is 2. The Hall–Kier alpha value is -3.44. The lowest BCUT2D eigenvalue weighted by molar-refractivity contribution is 0.0659. The summed E-state index contributed by atoms with van der Waals surface area (Å²) in [7, 11) is 3.03. The number of anilines is 1. The van der Waals surface area contributed by atoms with E-state index in [1.807, 2.05) is 0 Å². The number of rotatable bonds is 7. The monoisotopic (exact) mass is 551 g/mol.